The number of hydrogen-bond donors (Lipinski definition) is 1. The molecule has 0 radical (unpaired) electrons. The molecule has 4 heteroatoms. The maximum absolute atomic E-state index is 11.2. The lowest BCUT2D eigenvalue weighted by Gasteiger charge is -2.00. The zero-order valence-corrected chi connectivity index (χ0v) is 6.66. The highest BCUT2D eigenvalue weighted by molar-refractivity contribution is 5.92. The molecule has 1 aromatic heterocycles. The Labute approximate surface area is 65.2 Å². The van der Waals surface area contributed by atoms with E-state index in [1.165, 1.54) is 0 Å². The fourth-order valence-corrected chi connectivity index (χ4v) is 0.848. The third-order valence-corrected chi connectivity index (χ3v) is 1.39. The van der Waals surface area contributed by atoms with Gasteiger partial charge >= 0.3 is 0 Å². The SMILES string of the molecule is CCNC(=O)c1ccnn1C. The first kappa shape index (κ1) is 7.78. The summed E-state index contributed by atoms with van der Waals surface area (Å²) in [6.07, 6.45) is 1.60. The number of nitrogens with one attached hydrogen (secondary N) is 1. The Bertz CT molecular complexity index is 254. The van der Waals surface area contributed by atoms with Gasteiger partial charge in [0.2, 0.25) is 0 Å². The van der Waals surface area contributed by atoms with Crippen LogP contribution in [0.3, 0.4) is 0 Å². The third kappa shape index (κ3) is 1.58. The lowest BCUT2D eigenvalue weighted by Crippen LogP contribution is -2.24. The predicted octanol–water partition coefficient (Wildman–Crippen LogP) is 0.170. The van der Waals surface area contributed by atoms with Gasteiger partial charge in [0.25, 0.3) is 5.91 Å². The molecule has 60 valence electrons. The first-order chi connectivity index (χ1) is 5.25. The summed E-state index contributed by atoms with van der Waals surface area (Å²) in [6, 6.07) is 1.69. The van der Waals surface area contributed by atoms with Crippen LogP contribution in [0.1, 0.15) is 17.4 Å². The largest absolute Gasteiger partial charge is 0.351 e. The van der Waals surface area contributed by atoms with Crippen LogP contribution >= 0.6 is 0 Å². The minimum absolute atomic E-state index is 0.0764. The van der Waals surface area contributed by atoms with Gasteiger partial charge in [0.15, 0.2) is 0 Å². The molecule has 0 spiro atoms. The molecule has 0 unspecified atom stereocenters. The van der Waals surface area contributed by atoms with E-state index in [9.17, 15) is 4.79 Å². The van der Waals surface area contributed by atoms with Gasteiger partial charge in [-0.1, -0.05) is 0 Å². The van der Waals surface area contributed by atoms with Crippen molar-refractivity contribution in [1.29, 1.82) is 0 Å². The standard InChI is InChI=1S/C7H11N3O/c1-3-8-7(11)6-4-5-9-10(6)2/h4-5H,3H2,1-2H3,(H,8,11). The van der Waals surface area contributed by atoms with E-state index in [4.69, 9.17) is 0 Å². The van der Waals surface area contributed by atoms with Crippen molar-refractivity contribution in [3.63, 3.8) is 0 Å². The quantitative estimate of drug-likeness (QED) is 0.658. The Hall–Kier alpha value is -1.32. The predicted molar refractivity (Wildman–Crippen MR) is 41.2 cm³/mol. The van der Waals surface area contributed by atoms with Gasteiger partial charge < -0.3 is 5.32 Å². The van der Waals surface area contributed by atoms with E-state index >= 15 is 0 Å². The molecule has 1 N–H and O–H groups in total. The van der Waals surface area contributed by atoms with Crippen LogP contribution in [0.4, 0.5) is 0 Å². The van der Waals surface area contributed by atoms with Gasteiger partial charge in [0, 0.05) is 19.8 Å². The van der Waals surface area contributed by atoms with Gasteiger partial charge in [-0.15, -0.1) is 0 Å². The summed E-state index contributed by atoms with van der Waals surface area (Å²) < 4.78 is 1.55. The van der Waals surface area contributed by atoms with E-state index in [1.54, 1.807) is 24.0 Å². The Balaban J connectivity index is 2.76. The van der Waals surface area contributed by atoms with Crippen LogP contribution in [0.5, 0.6) is 0 Å². The molecule has 1 heterocycles. The van der Waals surface area contributed by atoms with Crippen LogP contribution in [0.25, 0.3) is 0 Å². The fourth-order valence-electron chi connectivity index (χ4n) is 0.848. The molecule has 1 aromatic rings. The number of carbonyl (C=O) groups excluding carboxylic acids is 1. The molecule has 0 fully saturated rings. The molecule has 1 rings (SSSR count). The molecule has 0 aliphatic heterocycles. The average Bonchev–Trinajstić information content (AvgIpc) is 2.36. The maximum atomic E-state index is 11.2. The smallest absolute Gasteiger partial charge is 0.269 e. The van der Waals surface area contributed by atoms with E-state index in [1.807, 2.05) is 6.92 Å². The van der Waals surface area contributed by atoms with E-state index in [-0.39, 0.29) is 5.91 Å². The topological polar surface area (TPSA) is 46.9 Å². The Morgan fingerprint density at radius 1 is 1.82 bits per heavy atom. The van der Waals surface area contributed by atoms with Gasteiger partial charge in [-0.3, -0.25) is 9.48 Å². The summed E-state index contributed by atoms with van der Waals surface area (Å²) in [6.45, 7) is 2.53. The molecule has 4 nitrogen and oxygen atoms in total. The summed E-state index contributed by atoms with van der Waals surface area (Å²) in [5, 5.41) is 6.56. The minimum Gasteiger partial charge on any atom is -0.351 e. The van der Waals surface area contributed by atoms with Crippen molar-refractivity contribution < 1.29 is 4.79 Å². The summed E-state index contributed by atoms with van der Waals surface area (Å²) in [7, 11) is 1.74. The highest BCUT2D eigenvalue weighted by Crippen LogP contribution is 1.94. The van der Waals surface area contributed by atoms with Crippen LogP contribution in [-0.4, -0.2) is 22.2 Å². The number of aromatic nitrogens is 2. The van der Waals surface area contributed by atoms with Crippen LogP contribution in [0.2, 0.25) is 0 Å². The number of amides is 1. The number of aryl methyl sites for hydroxylation is 1. The molecular weight excluding hydrogens is 142 g/mol. The van der Waals surface area contributed by atoms with Crippen LogP contribution in [-0.2, 0) is 7.05 Å². The van der Waals surface area contributed by atoms with Gasteiger partial charge in [0.1, 0.15) is 5.69 Å². The molecule has 0 saturated heterocycles. The second kappa shape index (κ2) is 3.18. The first-order valence-corrected chi connectivity index (χ1v) is 3.52. The first-order valence-electron chi connectivity index (χ1n) is 3.52. The van der Waals surface area contributed by atoms with E-state index in [0.29, 0.717) is 12.2 Å². The summed E-state index contributed by atoms with van der Waals surface area (Å²) in [5.74, 6) is -0.0764. The number of nitrogens with zero attached hydrogens (tertiary/aromatic N) is 2. The molecular formula is C7H11N3O. The normalized spacial score (nSPS) is 9.64. The number of rotatable bonds is 2. The zero-order valence-electron chi connectivity index (χ0n) is 6.66. The monoisotopic (exact) mass is 153 g/mol. The second-order valence-electron chi connectivity index (χ2n) is 2.20. The van der Waals surface area contributed by atoms with Crippen molar-refractivity contribution in [3.05, 3.63) is 18.0 Å². The molecule has 0 bridgehead atoms. The summed E-state index contributed by atoms with van der Waals surface area (Å²) in [5.41, 5.74) is 0.590. The van der Waals surface area contributed by atoms with Gasteiger partial charge in [-0.05, 0) is 13.0 Å². The number of carbonyl (C=O) groups is 1. The van der Waals surface area contributed by atoms with Crippen LogP contribution in [0, 0.1) is 0 Å². The van der Waals surface area contributed by atoms with E-state index in [0.717, 1.165) is 0 Å². The van der Waals surface area contributed by atoms with Crippen molar-refractivity contribution in [2.75, 3.05) is 6.54 Å². The van der Waals surface area contributed by atoms with Crippen LogP contribution < -0.4 is 5.32 Å². The van der Waals surface area contributed by atoms with Crippen LogP contribution in [0.15, 0.2) is 12.3 Å². The lowest BCUT2D eigenvalue weighted by molar-refractivity contribution is 0.0946. The highest BCUT2D eigenvalue weighted by atomic mass is 16.2. The van der Waals surface area contributed by atoms with Crippen molar-refractivity contribution >= 4 is 5.91 Å². The Morgan fingerprint density at radius 3 is 3.00 bits per heavy atom. The van der Waals surface area contributed by atoms with Crippen molar-refractivity contribution in [2.24, 2.45) is 7.05 Å². The Kier molecular flexibility index (Phi) is 2.25. The molecule has 11 heavy (non-hydrogen) atoms. The molecule has 0 atom stereocenters. The van der Waals surface area contributed by atoms with E-state index < -0.39 is 0 Å². The van der Waals surface area contributed by atoms with Gasteiger partial charge in [0.05, 0.1) is 0 Å². The summed E-state index contributed by atoms with van der Waals surface area (Å²) in [4.78, 5) is 11.2. The van der Waals surface area contributed by atoms with Gasteiger partial charge in [-0.2, -0.15) is 5.10 Å². The third-order valence-electron chi connectivity index (χ3n) is 1.39. The molecule has 0 saturated carbocycles. The molecule has 0 aromatic carbocycles. The Morgan fingerprint density at radius 2 is 2.55 bits per heavy atom. The zero-order chi connectivity index (χ0) is 8.27. The maximum Gasteiger partial charge on any atom is 0.269 e. The van der Waals surface area contributed by atoms with Crippen molar-refractivity contribution in [2.45, 2.75) is 6.92 Å². The lowest BCUT2D eigenvalue weighted by atomic mass is 10.4. The molecule has 1 amide bonds. The minimum atomic E-state index is -0.0764. The molecule has 0 aliphatic carbocycles. The summed E-state index contributed by atoms with van der Waals surface area (Å²) >= 11 is 0. The van der Waals surface area contributed by atoms with Crippen molar-refractivity contribution in [3.8, 4) is 0 Å². The molecule has 0 aliphatic rings. The van der Waals surface area contributed by atoms with Crippen molar-refractivity contribution in [1.82, 2.24) is 15.1 Å². The number of hydrogen-bond acceptors (Lipinski definition) is 2. The fraction of sp³-hybridized carbons (Fsp3) is 0.429. The highest BCUT2D eigenvalue weighted by Gasteiger charge is 2.06. The average molecular weight is 153 g/mol. The van der Waals surface area contributed by atoms with E-state index in [2.05, 4.69) is 10.4 Å². The second-order valence-corrected chi connectivity index (χ2v) is 2.20. The van der Waals surface area contributed by atoms with Gasteiger partial charge in [-0.25, -0.2) is 0 Å².